The highest BCUT2D eigenvalue weighted by molar-refractivity contribution is 7.92. The molecule has 0 bridgehead atoms. The van der Waals surface area contributed by atoms with Crippen LogP contribution in [0, 0.1) is 13.8 Å². The number of anilines is 1. The van der Waals surface area contributed by atoms with Gasteiger partial charge in [0.1, 0.15) is 0 Å². The lowest BCUT2D eigenvalue weighted by Gasteiger charge is -2.12. The summed E-state index contributed by atoms with van der Waals surface area (Å²) in [6, 6.07) is 19.3. The Labute approximate surface area is 171 Å². The van der Waals surface area contributed by atoms with E-state index in [1.807, 2.05) is 37.3 Å². The van der Waals surface area contributed by atoms with Gasteiger partial charge in [-0.05, 0) is 73.7 Å². The Bertz CT molecular complexity index is 1150. The normalized spacial score (nSPS) is 11.2. The summed E-state index contributed by atoms with van der Waals surface area (Å²) >= 11 is 0. The number of nitrogens with one attached hydrogen (secondary N) is 1. The SMILES string of the molecule is Cc1ccc(S(=O)(=O)Nc2cccc(CCc3cccc(C(=O)O)c3)c2)c(C)c1. The molecule has 2 N–H and O–H groups in total. The van der Waals surface area contributed by atoms with Crippen molar-refractivity contribution in [1.82, 2.24) is 0 Å². The van der Waals surface area contributed by atoms with E-state index in [2.05, 4.69) is 4.72 Å². The molecular weight excluding hydrogens is 386 g/mol. The Morgan fingerprint density at radius 2 is 1.55 bits per heavy atom. The average Bonchev–Trinajstić information content (AvgIpc) is 2.66. The molecule has 0 radical (unpaired) electrons. The number of aromatic carboxylic acids is 1. The van der Waals surface area contributed by atoms with E-state index in [-0.39, 0.29) is 10.5 Å². The summed E-state index contributed by atoms with van der Waals surface area (Å²) in [5, 5.41) is 9.10. The van der Waals surface area contributed by atoms with Gasteiger partial charge in [-0.1, -0.05) is 42.0 Å². The number of carbonyl (C=O) groups is 1. The molecule has 150 valence electrons. The molecule has 0 aliphatic rings. The van der Waals surface area contributed by atoms with E-state index < -0.39 is 16.0 Å². The number of hydrogen-bond acceptors (Lipinski definition) is 3. The van der Waals surface area contributed by atoms with E-state index in [0.29, 0.717) is 24.1 Å². The number of carboxylic acids is 1. The van der Waals surface area contributed by atoms with E-state index in [4.69, 9.17) is 5.11 Å². The first-order valence-electron chi connectivity index (χ1n) is 9.26. The highest BCUT2D eigenvalue weighted by atomic mass is 32.2. The lowest BCUT2D eigenvalue weighted by atomic mass is 10.0. The monoisotopic (exact) mass is 409 g/mol. The van der Waals surface area contributed by atoms with E-state index in [1.54, 1.807) is 43.3 Å². The predicted molar refractivity (Wildman–Crippen MR) is 114 cm³/mol. The second kappa shape index (κ2) is 8.49. The van der Waals surface area contributed by atoms with Crippen molar-refractivity contribution < 1.29 is 18.3 Å². The quantitative estimate of drug-likeness (QED) is 0.598. The molecule has 0 spiro atoms. The number of benzene rings is 3. The van der Waals surface area contributed by atoms with E-state index in [9.17, 15) is 13.2 Å². The number of carboxylic acid groups (broad SMARTS) is 1. The molecule has 0 atom stereocenters. The van der Waals surface area contributed by atoms with Gasteiger partial charge in [-0.3, -0.25) is 4.72 Å². The second-order valence-corrected chi connectivity index (χ2v) is 8.73. The maximum Gasteiger partial charge on any atom is 0.335 e. The molecule has 3 rings (SSSR count). The molecule has 0 aliphatic heterocycles. The van der Waals surface area contributed by atoms with Crippen LogP contribution in [0.15, 0.2) is 71.6 Å². The third-order valence-electron chi connectivity index (χ3n) is 4.68. The van der Waals surface area contributed by atoms with Crippen molar-refractivity contribution in [3.05, 3.63) is 94.5 Å². The highest BCUT2D eigenvalue weighted by Gasteiger charge is 2.17. The molecule has 5 nitrogen and oxygen atoms in total. The van der Waals surface area contributed by atoms with Gasteiger partial charge in [0.2, 0.25) is 0 Å². The van der Waals surface area contributed by atoms with Crippen molar-refractivity contribution >= 4 is 21.7 Å². The topological polar surface area (TPSA) is 83.5 Å². The first kappa shape index (κ1) is 20.6. The summed E-state index contributed by atoms with van der Waals surface area (Å²) in [5.74, 6) is -0.949. The third kappa shape index (κ3) is 5.23. The van der Waals surface area contributed by atoms with Crippen LogP contribution in [0.4, 0.5) is 5.69 Å². The minimum Gasteiger partial charge on any atom is -0.478 e. The summed E-state index contributed by atoms with van der Waals surface area (Å²) in [4.78, 5) is 11.4. The van der Waals surface area contributed by atoms with Crippen molar-refractivity contribution in [1.29, 1.82) is 0 Å². The molecule has 3 aromatic carbocycles. The van der Waals surface area contributed by atoms with Gasteiger partial charge >= 0.3 is 5.97 Å². The van der Waals surface area contributed by atoms with Crippen LogP contribution >= 0.6 is 0 Å². The Morgan fingerprint density at radius 3 is 2.21 bits per heavy atom. The first-order chi connectivity index (χ1) is 13.7. The maximum absolute atomic E-state index is 12.8. The minimum atomic E-state index is -3.68. The minimum absolute atomic E-state index is 0.262. The summed E-state index contributed by atoms with van der Waals surface area (Å²) in [6.45, 7) is 3.70. The second-order valence-electron chi connectivity index (χ2n) is 7.08. The van der Waals surface area contributed by atoms with Gasteiger partial charge in [-0.25, -0.2) is 13.2 Å². The maximum atomic E-state index is 12.8. The summed E-state index contributed by atoms with van der Waals surface area (Å²) in [6.07, 6.45) is 1.33. The van der Waals surface area contributed by atoms with Gasteiger partial charge in [0, 0.05) is 5.69 Å². The van der Waals surface area contributed by atoms with Crippen LogP contribution in [0.1, 0.15) is 32.6 Å². The summed E-state index contributed by atoms with van der Waals surface area (Å²) in [7, 11) is -3.68. The van der Waals surface area contributed by atoms with Crippen molar-refractivity contribution in [2.75, 3.05) is 4.72 Å². The smallest absolute Gasteiger partial charge is 0.335 e. The van der Waals surface area contributed by atoms with Crippen molar-refractivity contribution in [2.24, 2.45) is 0 Å². The van der Waals surface area contributed by atoms with E-state index in [1.165, 1.54) is 0 Å². The zero-order valence-corrected chi connectivity index (χ0v) is 17.2. The molecule has 0 aliphatic carbocycles. The lowest BCUT2D eigenvalue weighted by molar-refractivity contribution is 0.0696. The molecule has 6 heteroatoms. The fourth-order valence-electron chi connectivity index (χ4n) is 3.25. The molecular formula is C23H23NO4S. The van der Waals surface area contributed by atoms with Crippen LogP contribution in [-0.2, 0) is 22.9 Å². The lowest BCUT2D eigenvalue weighted by Crippen LogP contribution is -2.14. The fourth-order valence-corrected chi connectivity index (χ4v) is 4.53. The number of hydrogen-bond donors (Lipinski definition) is 2. The molecule has 0 saturated heterocycles. The number of aryl methyl sites for hydroxylation is 4. The van der Waals surface area contributed by atoms with Crippen molar-refractivity contribution in [2.45, 2.75) is 31.6 Å². The van der Waals surface area contributed by atoms with Crippen LogP contribution in [0.3, 0.4) is 0 Å². The average molecular weight is 410 g/mol. The largest absolute Gasteiger partial charge is 0.478 e. The standard InChI is InChI=1S/C23H23NO4S/c1-16-9-12-22(17(2)13-16)29(27,28)24-21-8-4-6-19(15-21)11-10-18-5-3-7-20(14-18)23(25)26/h3-9,12-15,24H,10-11H2,1-2H3,(H,25,26). The van der Waals surface area contributed by atoms with Crippen LogP contribution in [0.5, 0.6) is 0 Å². The van der Waals surface area contributed by atoms with Crippen molar-refractivity contribution in [3.63, 3.8) is 0 Å². The van der Waals surface area contributed by atoms with Crippen LogP contribution in [0.25, 0.3) is 0 Å². The number of sulfonamides is 1. The van der Waals surface area contributed by atoms with Gasteiger partial charge in [-0.2, -0.15) is 0 Å². The van der Waals surface area contributed by atoms with Gasteiger partial charge in [0.15, 0.2) is 0 Å². The van der Waals surface area contributed by atoms with Crippen molar-refractivity contribution in [3.8, 4) is 0 Å². The molecule has 0 heterocycles. The molecule has 29 heavy (non-hydrogen) atoms. The highest BCUT2D eigenvalue weighted by Crippen LogP contribution is 2.21. The molecule has 0 fully saturated rings. The Balaban J connectivity index is 1.74. The fraction of sp³-hybridized carbons (Fsp3) is 0.174. The van der Waals surface area contributed by atoms with Crippen LogP contribution in [-0.4, -0.2) is 19.5 Å². The molecule has 0 unspecified atom stereocenters. The number of rotatable bonds is 7. The zero-order chi connectivity index (χ0) is 21.0. The predicted octanol–water partition coefficient (Wildman–Crippen LogP) is 4.59. The van der Waals surface area contributed by atoms with E-state index >= 15 is 0 Å². The Hall–Kier alpha value is -3.12. The van der Waals surface area contributed by atoms with Gasteiger partial charge in [-0.15, -0.1) is 0 Å². The van der Waals surface area contributed by atoms with E-state index in [0.717, 1.165) is 16.7 Å². The van der Waals surface area contributed by atoms with Gasteiger partial charge in [0.25, 0.3) is 10.0 Å². The first-order valence-corrected chi connectivity index (χ1v) is 10.7. The third-order valence-corrected chi connectivity index (χ3v) is 6.22. The molecule has 0 saturated carbocycles. The molecule has 3 aromatic rings. The molecule has 0 amide bonds. The summed E-state index contributed by atoms with van der Waals surface area (Å²) in [5.41, 5.74) is 4.36. The Morgan fingerprint density at radius 1 is 0.897 bits per heavy atom. The van der Waals surface area contributed by atoms with Crippen LogP contribution in [0.2, 0.25) is 0 Å². The molecule has 0 aromatic heterocycles. The van der Waals surface area contributed by atoms with Gasteiger partial charge < -0.3 is 5.11 Å². The summed E-state index contributed by atoms with van der Waals surface area (Å²) < 4.78 is 28.2. The zero-order valence-electron chi connectivity index (χ0n) is 16.3. The van der Waals surface area contributed by atoms with Gasteiger partial charge in [0.05, 0.1) is 10.5 Å². The Kier molecular flexibility index (Phi) is 6.03. The van der Waals surface area contributed by atoms with Crippen LogP contribution < -0.4 is 4.72 Å².